The monoisotopic (exact) mass is 275 g/mol. The number of ether oxygens (including phenoxy) is 2. The lowest BCUT2D eigenvalue weighted by Gasteiger charge is -2.18. The van der Waals surface area contributed by atoms with Gasteiger partial charge < -0.3 is 19.2 Å². The van der Waals surface area contributed by atoms with Crippen molar-refractivity contribution < 1.29 is 13.9 Å². The Morgan fingerprint density at radius 2 is 2.00 bits per heavy atom. The van der Waals surface area contributed by atoms with Crippen LogP contribution in [0.15, 0.2) is 22.6 Å². The molecule has 1 aromatic heterocycles. The summed E-state index contributed by atoms with van der Waals surface area (Å²) in [5.74, 6) is 2.56. The molecule has 1 aliphatic rings. The quantitative estimate of drug-likeness (QED) is 0.842. The van der Waals surface area contributed by atoms with Gasteiger partial charge in [-0.25, -0.2) is 0 Å². The van der Waals surface area contributed by atoms with E-state index in [9.17, 15) is 0 Å². The van der Waals surface area contributed by atoms with E-state index in [1.54, 1.807) is 0 Å². The van der Waals surface area contributed by atoms with E-state index in [-0.39, 0.29) is 0 Å². The van der Waals surface area contributed by atoms with E-state index in [0.717, 1.165) is 30.0 Å². The number of nitrogens with one attached hydrogen (secondary N) is 1. The first-order valence-corrected chi connectivity index (χ1v) is 6.80. The zero-order valence-electron chi connectivity index (χ0n) is 11.4. The second-order valence-electron chi connectivity index (χ2n) is 4.54. The largest absolute Gasteiger partial charge is 0.486 e. The molecule has 106 valence electrons. The van der Waals surface area contributed by atoms with Crippen LogP contribution in [0.2, 0.25) is 0 Å². The Morgan fingerprint density at radius 1 is 1.15 bits per heavy atom. The highest BCUT2D eigenvalue weighted by molar-refractivity contribution is 5.59. The van der Waals surface area contributed by atoms with E-state index in [1.807, 2.05) is 18.2 Å². The van der Waals surface area contributed by atoms with Gasteiger partial charge in [0, 0.05) is 5.56 Å². The standard InChI is InChI=1S/C14H17N3O3/c1-2-5-15-9-13-16-17-14(20-13)10-3-4-11-12(8-10)19-7-6-18-11/h3-4,8,15H,2,5-7,9H2,1H3. The number of hydrogen-bond acceptors (Lipinski definition) is 6. The van der Waals surface area contributed by atoms with E-state index < -0.39 is 0 Å². The lowest BCUT2D eigenvalue weighted by molar-refractivity contribution is 0.171. The molecule has 1 aromatic carbocycles. The van der Waals surface area contributed by atoms with Crippen molar-refractivity contribution >= 4 is 0 Å². The summed E-state index contributed by atoms with van der Waals surface area (Å²) in [6.07, 6.45) is 1.07. The third-order valence-electron chi connectivity index (χ3n) is 2.96. The lowest BCUT2D eigenvalue weighted by atomic mass is 10.2. The normalized spacial score (nSPS) is 13.4. The van der Waals surface area contributed by atoms with Gasteiger partial charge in [-0.05, 0) is 31.2 Å². The van der Waals surface area contributed by atoms with E-state index in [0.29, 0.717) is 31.5 Å². The fourth-order valence-electron chi connectivity index (χ4n) is 1.99. The van der Waals surface area contributed by atoms with Crippen LogP contribution in [0.4, 0.5) is 0 Å². The molecule has 0 radical (unpaired) electrons. The summed E-state index contributed by atoms with van der Waals surface area (Å²) in [6.45, 7) is 4.78. The van der Waals surface area contributed by atoms with E-state index in [2.05, 4.69) is 22.4 Å². The molecular formula is C14H17N3O3. The molecule has 0 unspecified atom stereocenters. The summed E-state index contributed by atoms with van der Waals surface area (Å²) in [5.41, 5.74) is 0.837. The van der Waals surface area contributed by atoms with E-state index >= 15 is 0 Å². The number of benzene rings is 1. The Balaban J connectivity index is 1.75. The van der Waals surface area contributed by atoms with Gasteiger partial charge in [0.15, 0.2) is 11.5 Å². The smallest absolute Gasteiger partial charge is 0.247 e. The number of rotatable bonds is 5. The first-order chi connectivity index (χ1) is 9.86. The second kappa shape index (κ2) is 5.92. The molecule has 0 amide bonds. The fourth-order valence-corrected chi connectivity index (χ4v) is 1.99. The minimum Gasteiger partial charge on any atom is -0.486 e. The molecule has 6 heteroatoms. The van der Waals surface area contributed by atoms with Crippen molar-refractivity contribution in [3.63, 3.8) is 0 Å². The minimum atomic E-state index is 0.496. The van der Waals surface area contributed by atoms with Crippen LogP contribution < -0.4 is 14.8 Å². The molecule has 0 spiro atoms. The average Bonchev–Trinajstić information content (AvgIpc) is 2.96. The Kier molecular flexibility index (Phi) is 3.83. The number of hydrogen-bond donors (Lipinski definition) is 1. The Hall–Kier alpha value is -2.08. The molecule has 2 heterocycles. The van der Waals surface area contributed by atoms with Crippen molar-refractivity contribution in [1.29, 1.82) is 0 Å². The highest BCUT2D eigenvalue weighted by Crippen LogP contribution is 2.33. The first-order valence-electron chi connectivity index (χ1n) is 6.80. The van der Waals surface area contributed by atoms with E-state index in [1.165, 1.54) is 0 Å². The molecule has 1 aliphatic heterocycles. The van der Waals surface area contributed by atoms with Gasteiger partial charge in [-0.1, -0.05) is 6.92 Å². The van der Waals surface area contributed by atoms with Gasteiger partial charge in [0.05, 0.1) is 6.54 Å². The van der Waals surface area contributed by atoms with Gasteiger partial charge in [-0.3, -0.25) is 0 Å². The van der Waals surface area contributed by atoms with Crippen molar-refractivity contribution in [3.8, 4) is 23.0 Å². The Labute approximate surface area is 117 Å². The lowest BCUT2D eigenvalue weighted by Crippen LogP contribution is -2.15. The summed E-state index contributed by atoms with van der Waals surface area (Å²) in [5, 5.41) is 11.3. The van der Waals surface area contributed by atoms with Crippen LogP contribution in [0.25, 0.3) is 11.5 Å². The SMILES string of the molecule is CCCNCc1nnc(-c2ccc3c(c2)OCCO3)o1. The predicted molar refractivity (Wildman–Crippen MR) is 72.7 cm³/mol. The maximum Gasteiger partial charge on any atom is 0.247 e. The van der Waals surface area contributed by atoms with Gasteiger partial charge in [-0.15, -0.1) is 10.2 Å². The van der Waals surface area contributed by atoms with Crippen molar-refractivity contribution in [3.05, 3.63) is 24.1 Å². The predicted octanol–water partition coefficient (Wildman–Crippen LogP) is 2.01. The number of aromatic nitrogens is 2. The van der Waals surface area contributed by atoms with Crippen LogP contribution in [-0.4, -0.2) is 30.0 Å². The van der Waals surface area contributed by atoms with Crippen LogP contribution in [0.1, 0.15) is 19.2 Å². The molecule has 1 N–H and O–H groups in total. The molecule has 20 heavy (non-hydrogen) atoms. The van der Waals surface area contributed by atoms with Crippen LogP contribution in [0.3, 0.4) is 0 Å². The molecule has 0 saturated heterocycles. The molecule has 0 atom stereocenters. The van der Waals surface area contributed by atoms with Gasteiger partial charge in [0.2, 0.25) is 11.8 Å². The fraction of sp³-hybridized carbons (Fsp3) is 0.429. The second-order valence-corrected chi connectivity index (χ2v) is 4.54. The summed E-state index contributed by atoms with van der Waals surface area (Å²) < 4.78 is 16.7. The molecular weight excluding hydrogens is 258 g/mol. The maximum absolute atomic E-state index is 5.63. The molecule has 0 saturated carbocycles. The summed E-state index contributed by atoms with van der Waals surface area (Å²) >= 11 is 0. The van der Waals surface area contributed by atoms with Gasteiger partial charge in [0.1, 0.15) is 13.2 Å². The zero-order chi connectivity index (χ0) is 13.8. The maximum atomic E-state index is 5.63. The van der Waals surface area contributed by atoms with Crippen LogP contribution in [0, 0.1) is 0 Å². The van der Waals surface area contributed by atoms with Crippen LogP contribution >= 0.6 is 0 Å². The Bertz CT molecular complexity index is 583. The summed E-state index contributed by atoms with van der Waals surface area (Å²) in [6, 6.07) is 5.62. The summed E-state index contributed by atoms with van der Waals surface area (Å²) in [4.78, 5) is 0. The molecule has 0 aliphatic carbocycles. The first kappa shape index (κ1) is 12.9. The van der Waals surface area contributed by atoms with Crippen molar-refractivity contribution in [1.82, 2.24) is 15.5 Å². The zero-order valence-corrected chi connectivity index (χ0v) is 11.4. The average molecular weight is 275 g/mol. The summed E-state index contributed by atoms with van der Waals surface area (Å²) in [7, 11) is 0. The molecule has 0 fully saturated rings. The van der Waals surface area contributed by atoms with Crippen molar-refractivity contribution in [2.45, 2.75) is 19.9 Å². The molecule has 2 aromatic rings. The third-order valence-corrected chi connectivity index (χ3v) is 2.96. The highest BCUT2D eigenvalue weighted by atomic mass is 16.6. The molecule has 6 nitrogen and oxygen atoms in total. The van der Waals surface area contributed by atoms with Crippen molar-refractivity contribution in [2.75, 3.05) is 19.8 Å². The minimum absolute atomic E-state index is 0.496. The van der Waals surface area contributed by atoms with Gasteiger partial charge in [-0.2, -0.15) is 0 Å². The van der Waals surface area contributed by atoms with E-state index in [4.69, 9.17) is 13.9 Å². The van der Waals surface area contributed by atoms with Crippen LogP contribution in [-0.2, 0) is 6.54 Å². The topological polar surface area (TPSA) is 69.4 Å². The third kappa shape index (κ3) is 2.75. The van der Waals surface area contributed by atoms with Crippen molar-refractivity contribution in [2.24, 2.45) is 0 Å². The molecule has 3 rings (SSSR count). The number of fused-ring (bicyclic) bond motifs is 1. The van der Waals surface area contributed by atoms with Crippen LogP contribution in [0.5, 0.6) is 11.5 Å². The molecule has 0 bridgehead atoms. The number of nitrogens with zero attached hydrogens (tertiary/aromatic N) is 2. The van der Waals surface area contributed by atoms with Gasteiger partial charge >= 0.3 is 0 Å². The Morgan fingerprint density at radius 3 is 2.85 bits per heavy atom. The highest BCUT2D eigenvalue weighted by Gasteiger charge is 2.15. The van der Waals surface area contributed by atoms with Gasteiger partial charge in [0.25, 0.3) is 0 Å².